The zero-order valence-corrected chi connectivity index (χ0v) is 18.3. The molecule has 0 bridgehead atoms. The number of guanidine groups is 1. The summed E-state index contributed by atoms with van der Waals surface area (Å²) < 4.78 is 11.1. The number of hydrogen-bond donors (Lipinski definition) is 2. The molecule has 2 fully saturated rings. The molecule has 1 saturated carbocycles. The number of hydrogen-bond acceptors (Lipinski definition) is 4. The van der Waals surface area contributed by atoms with Gasteiger partial charge in [0.2, 0.25) is 0 Å². The highest BCUT2D eigenvalue weighted by molar-refractivity contribution is 14.0. The summed E-state index contributed by atoms with van der Waals surface area (Å²) in [6, 6.07) is 0. The van der Waals surface area contributed by atoms with Gasteiger partial charge in [-0.25, -0.2) is 0 Å². The molecule has 2 rings (SSSR count). The van der Waals surface area contributed by atoms with E-state index in [1.54, 1.807) is 0 Å². The second-order valence-electron chi connectivity index (χ2n) is 7.04. The van der Waals surface area contributed by atoms with Crippen molar-refractivity contribution in [3.8, 4) is 0 Å². The van der Waals surface area contributed by atoms with E-state index in [0.29, 0.717) is 5.92 Å². The molecular formula is C18H37IN4O2. The lowest BCUT2D eigenvalue weighted by Gasteiger charge is -2.28. The van der Waals surface area contributed by atoms with Gasteiger partial charge in [-0.15, -0.1) is 24.0 Å². The van der Waals surface area contributed by atoms with Gasteiger partial charge in [0, 0.05) is 52.5 Å². The standard InChI is InChI=1S/C18H36N4O2.HI/c1-3-19-18(20-7-4-10-24-15-17-5-6-17)21-13-16(2)14-22-8-11-23-12-9-22;/h16-17H,3-15H2,1-2H3,(H2,19,20,21);1H. The number of ether oxygens (including phenoxy) is 2. The van der Waals surface area contributed by atoms with E-state index in [9.17, 15) is 0 Å². The van der Waals surface area contributed by atoms with E-state index >= 15 is 0 Å². The van der Waals surface area contributed by atoms with Crippen LogP contribution in [-0.4, -0.2) is 76.6 Å². The largest absolute Gasteiger partial charge is 0.381 e. The smallest absolute Gasteiger partial charge is 0.191 e. The van der Waals surface area contributed by atoms with Crippen molar-refractivity contribution in [3.05, 3.63) is 0 Å². The lowest BCUT2D eigenvalue weighted by atomic mass is 10.1. The van der Waals surface area contributed by atoms with Gasteiger partial charge in [0.05, 0.1) is 13.2 Å². The maximum atomic E-state index is 5.67. The fourth-order valence-corrected chi connectivity index (χ4v) is 2.79. The number of halogens is 1. The van der Waals surface area contributed by atoms with E-state index in [0.717, 1.165) is 84.0 Å². The van der Waals surface area contributed by atoms with E-state index < -0.39 is 0 Å². The molecule has 0 spiro atoms. The zero-order valence-electron chi connectivity index (χ0n) is 16.0. The van der Waals surface area contributed by atoms with Crippen LogP contribution in [0.25, 0.3) is 0 Å². The van der Waals surface area contributed by atoms with Crippen LogP contribution in [0.5, 0.6) is 0 Å². The fourth-order valence-electron chi connectivity index (χ4n) is 2.79. The number of morpholine rings is 1. The van der Waals surface area contributed by atoms with Gasteiger partial charge >= 0.3 is 0 Å². The first kappa shape index (κ1) is 22.9. The van der Waals surface area contributed by atoms with Gasteiger partial charge in [0.1, 0.15) is 0 Å². The average molecular weight is 468 g/mol. The molecule has 2 N–H and O–H groups in total. The molecule has 2 aliphatic rings. The maximum absolute atomic E-state index is 5.67. The van der Waals surface area contributed by atoms with Crippen LogP contribution in [0.4, 0.5) is 0 Å². The second-order valence-corrected chi connectivity index (χ2v) is 7.04. The van der Waals surface area contributed by atoms with Gasteiger partial charge in [-0.3, -0.25) is 9.89 Å². The molecule has 7 heteroatoms. The molecule has 1 aliphatic carbocycles. The van der Waals surface area contributed by atoms with Crippen molar-refractivity contribution in [3.63, 3.8) is 0 Å². The topological polar surface area (TPSA) is 58.1 Å². The van der Waals surface area contributed by atoms with E-state index in [-0.39, 0.29) is 24.0 Å². The van der Waals surface area contributed by atoms with E-state index in [2.05, 4.69) is 29.4 Å². The monoisotopic (exact) mass is 468 g/mol. The average Bonchev–Trinajstić information content (AvgIpc) is 3.41. The molecule has 0 aromatic carbocycles. The summed E-state index contributed by atoms with van der Waals surface area (Å²) in [5.74, 6) is 2.33. The van der Waals surface area contributed by atoms with Crippen LogP contribution in [0.3, 0.4) is 0 Å². The first-order chi connectivity index (χ1) is 11.8. The zero-order chi connectivity index (χ0) is 17.0. The predicted octanol–water partition coefficient (Wildman–Crippen LogP) is 1.94. The minimum Gasteiger partial charge on any atom is -0.381 e. The van der Waals surface area contributed by atoms with Crippen molar-refractivity contribution < 1.29 is 9.47 Å². The molecule has 0 aromatic heterocycles. The third-order valence-corrected chi connectivity index (χ3v) is 4.39. The van der Waals surface area contributed by atoms with E-state index in [4.69, 9.17) is 14.5 Å². The highest BCUT2D eigenvalue weighted by Gasteiger charge is 2.20. The first-order valence-corrected chi connectivity index (χ1v) is 9.68. The Kier molecular flexibility index (Phi) is 12.8. The molecule has 6 nitrogen and oxygen atoms in total. The summed E-state index contributed by atoms with van der Waals surface area (Å²) in [5.41, 5.74) is 0. The van der Waals surface area contributed by atoms with Crippen LogP contribution in [0.2, 0.25) is 0 Å². The van der Waals surface area contributed by atoms with E-state index in [1.807, 2.05) is 0 Å². The quantitative estimate of drug-likeness (QED) is 0.210. The number of nitrogens with zero attached hydrogens (tertiary/aromatic N) is 2. The molecule has 0 amide bonds. The third kappa shape index (κ3) is 11.2. The van der Waals surface area contributed by atoms with Gasteiger partial charge in [-0.05, 0) is 38.0 Å². The first-order valence-electron chi connectivity index (χ1n) is 9.68. The van der Waals surface area contributed by atoms with Crippen molar-refractivity contribution in [2.75, 3.05) is 65.7 Å². The Labute approximate surface area is 170 Å². The summed E-state index contributed by atoms with van der Waals surface area (Å²) in [7, 11) is 0. The lowest BCUT2D eigenvalue weighted by Crippen LogP contribution is -2.40. The SMILES string of the molecule is CCNC(=NCC(C)CN1CCOCC1)NCCCOCC1CC1.I. The maximum Gasteiger partial charge on any atom is 0.191 e. The Morgan fingerprint density at radius 3 is 2.72 bits per heavy atom. The number of aliphatic imine (C=N–C) groups is 1. The summed E-state index contributed by atoms with van der Waals surface area (Å²) in [4.78, 5) is 7.20. The van der Waals surface area contributed by atoms with Crippen molar-refractivity contribution >= 4 is 29.9 Å². The summed E-state index contributed by atoms with van der Waals surface area (Å²) in [6.45, 7) is 13.7. The molecule has 1 unspecified atom stereocenters. The van der Waals surface area contributed by atoms with Gasteiger partial charge in [0.15, 0.2) is 5.96 Å². The predicted molar refractivity (Wildman–Crippen MR) is 114 cm³/mol. The normalized spacial score (nSPS) is 20.0. The Hall–Kier alpha value is -0.120. The minimum atomic E-state index is 0. The molecule has 25 heavy (non-hydrogen) atoms. The van der Waals surface area contributed by atoms with Crippen LogP contribution in [0.1, 0.15) is 33.1 Å². The molecule has 1 saturated heterocycles. The van der Waals surface area contributed by atoms with Crippen molar-refractivity contribution in [1.29, 1.82) is 0 Å². The molecule has 148 valence electrons. The number of rotatable bonds is 11. The Bertz CT molecular complexity index is 361. The molecular weight excluding hydrogens is 431 g/mol. The summed E-state index contributed by atoms with van der Waals surface area (Å²) in [5, 5.41) is 6.73. The van der Waals surface area contributed by atoms with Gasteiger partial charge in [0.25, 0.3) is 0 Å². The summed E-state index contributed by atoms with van der Waals surface area (Å²) >= 11 is 0. The van der Waals surface area contributed by atoms with Crippen LogP contribution in [-0.2, 0) is 9.47 Å². The molecule has 1 heterocycles. The van der Waals surface area contributed by atoms with Crippen LogP contribution >= 0.6 is 24.0 Å². The van der Waals surface area contributed by atoms with Crippen molar-refractivity contribution in [2.45, 2.75) is 33.1 Å². The van der Waals surface area contributed by atoms with Crippen LogP contribution < -0.4 is 10.6 Å². The summed E-state index contributed by atoms with van der Waals surface area (Å²) in [6.07, 6.45) is 3.75. The Balaban J connectivity index is 0.00000312. The van der Waals surface area contributed by atoms with Crippen LogP contribution in [0, 0.1) is 11.8 Å². The number of nitrogens with one attached hydrogen (secondary N) is 2. The Morgan fingerprint density at radius 2 is 2.04 bits per heavy atom. The van der Waals surface area contributed by atoms with E-state index in [1.165, 1.54) is 12.8 Å². The minimum absolute atomic E-state index is 0. The van der Waals surface area contributed by atoms with Gasteiger partial charge in [-0.2, -0.15) is 0 Å². The van der Waals surface area contributed by atoms with Gasteiger partial charge in [-0.1, -0.05) is 6.92 Å². The molecule has 1 atom stereocenters. The second kappa shape index (κ2) is 14.0. The molecule has 0 aromatic rings. The van der Waals surface area contributed by atoms with Gasteiger partial charge < -0.3 is 20.1 Å². The fraction of sp³-hybridized carbons (Fsp3) is 0.944. The highest BCUT2D eigenvalue weighted by atomic mass is 127. The third-order valence-electron chi connectivity index (χ3n) is 4.39. The van der Waals surface area contributed by atoms with Crippen molar-refractivity contribution in [2.24, 2.45) is 16.8 Å². The van der Waals surface area contributed by atoms with Crippen molar-refractivity contribution in [1.82, 2.24) is 15.5 Å². The van der Waals surface area contributed by atoms with Crippen LogP contribution in [0.15, 0.2) is 4.99 Å². The highest BCUT2D eigenvalue weighted by Crippen LogP contribution is 2.28. The lowest BCUT2D eigenvalue weighted by molar-refractivity contribution is 0.0323. The molecule has 1 aliphatic heterocycles. The molecule has 0 radical (unpaired) electrons. The Morgan fingerprint density at radius 1 is 1.28 bits per heavy atom.